The van der Waals surface area contributed by atoms with Gasteiger partial charge in [0.2, 0.25) is 0 Å². The van der Waals surface area contributed by atoms with Crippen molar-refractivity contribution in [2.75, 3.05) is 0 Å². The molecule has 0 radical (unpaired) electrons. The highest BCUT2D eigenvalue weighted by atomic mass is 19.1. The quantitative estimate of drug-likeness (QED) is 0.875. The van der Waals surface area contributed by atoms with Crippen LogP contribution in [0.25, 0.3) is 0 Å². The van der Waals surface area contributed by atoms with Crippen LogP contribution in [0.2, 0.25) is 0 Å². The van der Waals surface area contributed by atoms with Gasteiger partial charge in [0.15, 0.2) is 0 Å². The largest absolute Gasteiger partial charge is 0.328 e. The van der Waals surface area contributed by atoms with E-state index >= 15 is 0 Å². The lowest BCUT2D eigenvalue weighted by atomic mass is 9.89. The molecule has 0 saturated heterocycles. The lowest BCUT2D eigenvalue weighted by Gasteiger charge is -2.33. The van der Waals surface area contributed by atoms with E-state index < -0.39 is 0 Å². The van der Waals surface area contributed by atoms with Gasteiger partial charge in [-0.15, -0.1) is 0 Å². The molecule has 1 saturated carbocycles. The lowest BCUT2D eigenvalue weighted by Crippen LogP contribution is -2.40. The number of hydrogen-bond acceptors (Lipinski definition) is 2. The maximum Gasteiger partial charge on any atom is 0.123 e. The van der Waals surface area contributed by atoms with Gasteiger partial charge in [-0.3, -0.25) is 0 Å². The molecule has 1 atom stereocenters. The fraction of sp³-hybridized carbons (Fsp3) is 0.625. The third-order valence-corrected chi connectivity index (χ3v) is 4.08. The van der Waals surface area contributed by atoms with E-state index in [9.17, 15) is 4.39 Å². The average Bonchev–Trinajstić information content (AvgIpc) is 2.39. The third-order valence-electron chi connectivity index (χ3n) is 4.08. The van der Waals surface area contributed by atoms with Gasteiger partial charge in [-0.1, -0.05) is 26.0 Å². The minimum Gasteiger partial charge on any atom is -0.328 e. The Balaban J connectivity index is 2.02. The summed E-state index contributed by atoms with van der Waals surface area (Å²) in [7, 11) is 0. The van der Waals surface area contributed by atoms with Crippen LogP contribution in [0.1, 0.15) is 51.1 Å². The summed E-state index contributed by atoms with van der Waals surface area (Å²) >= 11 is 0. The monoisotopic (exact) mass is 264 g/mol. The zero-order chi connectivity index (χ0) is 13.8. The first-order chi connectivity index (χ1) is 9.06. The van der Waals surface area contributed by atoms with Crippen LogP contribution in [0.15, 0.2) is 24.3 Å². The van der Waals surface area contributed by atoms with E-state index in [0.717, 1.165) is 25.7 Å². The second kappa shape index (κ2) is 6.49. The van der Waals surface area contributed by atoms with E-state index in [1.165, 1.54) is 5.56 Å². The van der Waals surface area contributed by atoms with E-state index in [2.05, 4.69) is 19.2 Å². The van der Waals surface area contributed by atoms with Crippen molar-refractivity contribution in [3.63, 3.8) is 0 Å². The first-order valence-corrected chi connectivity index (χ1v) is 7.33. The summed E-state index contributed by atoms with van der Waals surface area (Å²) in [6, 6.07) is 8.08. The van der Waals surface area contributed by atoms with Crippen LogP contribution in [0.3, 0.4) is 0 Å². The number of benzene rings is 1. The van der Waals surface area contributed by atoms with Gasteiger partial charge in [0.25, 0.3) is 0 Å². The van der Waals surface area contributed by atoms with E-state index in [1.54, 1.807) is 12.1 Å². The predicted molar refractivity (Wildman–Crippen MR) is 77.3 cm³/mol. The highest BCUT2D eigenvalue weighted by Gasteiger charge is 2.23. The molecule has 106 valence electrons. The maximum atomic E-state index is 13.0. The molecule has 0 heterocycles. The molecule has 0 spiro atoms. The van der Waals surface area contributed by atoms with Crippen molar-refractivity contribution in [2.24, 2.45) is 11.7 Å². The maximum absolute atomic E-state index is 13.0. The van der Waals surface area contributed by atoms with Gasteiger partial charge in [0, 0.05) is 18.1 Å². The van der Waals surface area contributed by atoms with Crippen LogP contribution in [-0.4, -0.2) is 12.1 Å². The highest BCUT2D eigenvalue weighted by molar-refractivity contribution is 5.20. The van der Waals surface area contributed by atoms with E-state index in [-0.39, 0.29) is 5.82 Å². The van der Waals surface area contributed by atoms with Crippen molar-refractivity contribution >= 4 is 0 Å². The van der Waals surface area contributed by atoms with Crippen LogP contribution in [0.5, 0.6) is 0 Å². The normalized spacial score (nSPS) is 25.5. The van der Waals surface area contributed by atoms with Gasteiger partial charge >= 0.3 is 0 Å². The first-order valence-electron chi connectivity index (χ1n) is 7.33. The fourth-order valence-electron chi connectivity index (χ4n) is 2.88. The van der Waals surface area contributed by atoms with Gasteiger partial charge in [-0.25, -0.2) is 4.39 Å². The summed E-state index contributed by atoms with van der Waals surface area (Å²) in [5, 5.41) is 3.73. The van der Waals surface area contributed by atoms with Gasteiger partial charge in [0.1, 0.15) is 5.82 Å². The molecule has 0 bridgehead atoms. The summed E-state index contributed by atoms with van der Waals surface area (Å²) in [5.74, 6) is 0.316. The SMILES string of the molecule is CC(C)C(NC1CCC(N)CC1)c1ccc(F)cc1. The Morgan fingerprint density at radius 2 is 1.68 bits per heavy atom. The van der Waals surface area contributed by atoms with Crippen LogP contribution in [0.4, 0.5) is 4.39 Å². The molecule has 0 amide bonds. The molecular weight excluding hydrogens is 239 g/mol. The molecule has 0 aliphatic heterocycles. The fourth-order valence-corrected chi connectivity index (χ4v) is 2.88. The van der Waals surface area contributed by atoms with E-state index in [1.807, 2.05) is 12.1 Å². The highest BCUT2D eigenvalue weighted by Crippen LogP contribution is 2.26. The number of halogens is 1. The van der Waals surface area contributed by atoms with Crippen LogP contribution in [0, 0.1) is 11.7 Å². The molecule has 1 fully saturated rings. The number of nitrogens with one attached hydrogen (secondary N) is 1. The molecule has 1 aliphatic carbocycles. The lowest BCUT2D eigenvalue weighted by molar-refractivity contribution is 0.285. The molecule has 2 nitrogen and oxygen atoms in total. The molecule has 1 unspecified atom stereocenters. The summed E-state index contributed by atoms with van der Waals surface area (Å²) in [6.07, 6.45) is 4.50. The Hall–Kier alpha value is -0.930. The van der Waals surface area contributed by atoms with Crippen molar-refractivity contribution in [2.45, 2.75) is 57.7 Å². The number of nitrogens with two attached hydrogens (primary N) is 1. The number of hydrogen-bond donors (Lipinski definition) is 2. The molecular formula is C16H25FN2. The molecule has 1 aromatic rings. The predicted octanol–water partition coefficient (Wildman–Crippen LogP) is 3.38. The summed E-state index contributed by atoms with van der Waals surface area (Å²) in [6.45, 7) is 4.41. The second-order valence-electron chi connectivity index (χ2n) is 6.05. The molecule has 2 rings (SSSR count). The zero-order valence-corrected chi connectivity index (χ0v) is 11.9. The van der Waals surface area contributed by atoms with E-state index in [4.69, 9.17) is 5.73 Å². The zero-order valence-electron chi connectivity index (χ0n) is 11.9. The minimum atomic E-state index is -0.171. The van der Waals surface area contributed by atoms with Gasteiger partial charge in [0.05, 0.1) is 0 Å². The Morgan fingerprint density at radius 1 is 1.11 bits per heavy atom. The van der Waals surface area contributed by atoms with Gasteiger partial charge < -0.3 is 11.1 Å². The van der Waals surface area contributed by atoms with Crippen LogP contribution in [-0.2, 0) is 0 Å². The molecule has 1 aliphatic rings. The average molecular weight is 264 g/mol. The first kappa shape index (κ1) is 14.5. The molecule has 3 N–H and O–H groups in total. The topological polar surface area (TPSA) is 38.0 Å². The summed E-state index contributed by atoms with van der Waals surface area (Å²) < 4.78 is 13.0. The summed E-state index contributed by atoms with van der Waals surface area (Å²) in [4.78, 5) is 0. The molecule has 3 heteroatoms. The van der Waals surface area contributed by atoms with E-state index in [0.29, 0.717) is 24.0 Å². The minimum absolute atomic E-state index is 0.171. The van der Waals surface area contributed by atoms with Crippen molar-refractivity contribution in [1.82, 2.24) is 5.32 Å². The van der Waals surface area contributed by atoms with Gasteiger partial charge in [-0.05, 0) is 49.3 Å². The number of rotatable bonds is 4. The van der Waals surface area contributed by atoms with Crippen LogP contribution >= 0.6 is 0 Å². The smallest absolute Gasteiger partial charge is 0.123 e. The summed E-state index contributed by atoms with van der Waals surface area (Å²) in [5.41, 5.74) is 7.12. The van der Waals surface area contributed by atoms with Crippen molar-refractivity contribution in [1.29, 1.82) is 0 Å². The van der Waals surface area contributed by atoms with Crippen LogP contribution < -0.4 is 11.1 Å². The van der Waals surface area contributed by atoms with Gasteiger partial charge in [-0.2, -0.15) is 0 Å². The molecule has 1 aromatic carbocycles. The van der Waals surface area contributed by atoms with Crippen molar-refractivity contribution < 1.29 is 4.39 Å². The standard InChI is InChI=1S/C16H25FN2/c1-11(2)16(12-3-5-13(17)6-4-12)19-15-9-7-14(18)8-10-15/h3-6,11,14-16,19H,7-10,18H2,1-2H3. The Morgan fingerprint density at radius 3 is 2.21 bits per heavy atom. The Bertz CT molecular complexity index is 380. The Labute approximate surface area is 115 Å². The van der Waals surface area contributed by atoms with Crippen molar-refractivity contribution in [3.05, 3.63) is 35.6 Å². The Kier molecular flexibility index (Phi) is 4.94. The second-order valence-corrected chi connectivity index (χ2v) is 6.05. The molecule has 19 heavy (non-hydrogen) atoms. The third kappa shape index (κ3) is 4.02. The molecule has 0 aromatic heterocycles. The van der Waals surface area contributed by atoms with Crippen molar-refractivity contribution in [3.8, 4) is 0 Å².